The van der Waals surface area contributed by atoms with Crippen molar-refractivity contribution in [1.29, 1.82) is 0 Å². The molecular weight excluding hydrogens is 330 g/mol. The number of H-pyrrole nitrogens is 1. The first-order valence-electron chi connectivity index (χ1n) is 9.01. The van der Waals surface area contributed by atoms with Crippen LogP contribution in [-0.2, 0) is 17.9 Å². The largest absolute Gasteiger partial charge is 0.373 e. The number of hydrogen-bond acceptors (Lipinski definition) is 4. The summed E-state index contributed by atoms with van der Waals surface area (Å²) in [5.41, 5.74) is 11.0. The number of amides is 1. The maximum Gasteiger partial charge on any atom is 0.250 e. The van der Waals surface area contributed by atoms with Gasteiger partial charge < -0.3 is 20.8 Å². The van der Waals surface area contributed by atoms with Gasteiger partial charge in [-0.25, -0.2) is 0 Å². The van der Waals surface area contributed by atoms with E-state index in [1.807, 2.05) is 22.9 Å². The molecule has 1 aromatic carbocycles. The van der Waals surface area contributed by atoms with Crippen molar-refractivity contribution >= 4 is 16.8 Å². The third kappa shape index (κ3) is 2.43. The zero-order valence-electron chi connectivity index (χ0n) is 14.4. The van der Waals surface area contributed by atoms with E-state index in [0.29, 0.717) is 24.7 Å². The fourth-order valence-corrected chi connectivity index (χ4v) is 4.08. The van der Waals surface area contributed by atoms with Crippen LogP contribution < -0.4 is 11.1 Å². The first-order valence-corrected chi connectivity index (χ1v) is 9.01. The summed E-state index contributed by atoms with van der Waals surface area (Å²) in [6.07, 6.45) is 1.10. The van der Waals surface area contributed by atoms with E-state index in [-0.39, 0.29) is 0 Å². The first kappa shape index (κ1) is 15.6. The second-order valence-electron chi connectivity index (χ2n) is 7.02. The molecule has 5 rings (SSSR count). The fraction of sp³-hybridized carbons (Fsp3) is 0.368. The normalized spacial score (nSPS) is 19.8. The minimum absolute atomic E-state index is 0.419. The number of fused-ring (bicyclic) bond motifs is 2. The van der Waals surface area contributed by atoms with Crippen LogP contribution in [0.25, 0.3) is 22.3 Å². The molecule has 26 heavy (non-hydrogen) atoms. The maximum atomic E-state index is 11.9. The molecule has 1 amide bonds. The lowest BCUT2D eigenvalue weighted by atomic mass is 9.93. The minimum Gasteiger partial charge on any atom is -0.373 e. The Morgan fingerprint density at radius 1 is 1.35 bits per heavy atom. The van der Waals surface area contributed by atoms with Gasteiger partial charge in [0.1, 0.15) is 5.69 Å². The van der Waals surface area contributed by atoms with E-state index >= 15 is 0 Å². The van der Waals surface area contributed by atoms with Crippen molar-refractivity contribution < 1.29 is 9.53 Å². The summed E-state index contributed by atoms with van der Waals surface area (Å²) in [4.78, 5) is 15.3. The SMILES string of the molecule is NC(=O)c1ccc([C@@H]2CCNC2)c2cc(-c3cc4n(n3)CCOC4)[nH]c12. The van der Waals surface area contributed by atoms with Crippen LogP contribution >= 0.6 is 0 Å². The molecule has 134 valence electrons. The van der Waals surface area contributed by atoms with Crippen LogP contribution in [-0.4, -0.2) is 40.4 Å². The zero-order valence-corrected chi connectivity index (χ0v) is 14.4. The fourth-order valence-electron chi connectivity index (χ4n) is 4.08. The van der Waals surface area contributed by atoms with Gasteiger partial charge in [-0.1, -0.05) is 6.07 Å². The number of nitrogens with one attached hydrogen (secondary N) is 2. The van der Waals surface area contributed by atoms with E-state index < -0.39 is 5.91 Å². The molecule has 4 N–H and O–H groups in total. The Labute approximate surface area is 150 Å². The lowest BCUT2D eigenvalue weighted by Gasteiger charge is -2.12. The minimum atomic E-state index is -0.419. The average molecular weight is 351 g/mol. The van der Waals surface area contributed by atoms with Gasteiger partial charge >= 0.3 is 0 Å². The topological polar surface area (TPSA) is 98.0 Å². The standard InChI is InChI=1S/C19H21N5O2/c20-19(25)14-2-1-13(11-3-4-21-9-11)15-8-16(22-18(14)15)17-7-12-10-26-6-5-24(12)23-17/h1-2,7-8,11,21-22H,3-6,9-10H2,(H2,20,25)/t11-/m1/s1. The van der Waals surface area contributed by atoms with E-state index in [2.05, 4.69) is 16.4 Å². The number of aromatic amines is 1. The van der Waals surface area contributed by atoms with Crippen molar-refractivity contribution in [3.63, 3.8) is 0 Å². The van der Waals surface area contributed by atoms with Gasteiger partial charge in [0.05, 0.1) is 42.2 Å². The lowest BCUT2D eigenvalue weighted by molar-refractivity contribution is 0.0801. The molecule has 0 bridgehead atoms. The molecule has 0 unspecified atom stereocenters. The van der Waals surface area contributed by atoms with Crippen LogP contribution in [0.5, 0.6) is 0 Å². The van der Waals surface area contributed by atoms with Crippen LogP contribution in [0.3, 0.4) is 0 Å². The summed E-state index contributed by atoms with van der Waals surface area (Å²) in [7, 11) is 0. The number of nitrogens with two attached hydrogens (primary N) is 1. The Bertz CT molecular complexity index is 973. The average Bonchev–Trinajstić information content (AvgIpc) is 3.37. The zero-order chi connectivity index (χ0) is 17.7. The van der Waals surface area contributed by atoms with Crippen LogP contribution in [0, 0.1) is 0 Å². The molecule has 2 aromatic heterocycles. The van der Waals surface area contributed by atoms with Gasteiger partial charge in [0.2, 0.25) is 0 Å². The number of hydrogen-bond donors (Lipinski definition) is 3. The van der Waals surface area contributed by atoms with Gasteiger partial charge in [-0.2, -0.15) is 5.10 Å². The quantitative estimate of drug-likeness (QED) is 0.669. The van der Waals surface area contributed by atoms with Crippen molar-refractivity contribution in [2.45, 2.75) is 25.5 Å². The number of aromatic nitrogens is 3. The van der Waals surface area contributed by atoms with E-state index in [1.165, 1.54) is 5.56 Å². The van der Waals surface area contributed by atoms with Crippen molar-refractivity contribution in [3.8, 4) is 11.4 Å². The molecule has 0 aliphatic carbocycles. The highest BCUT2D eigenvalue weighted by molar-refractivity contribution is 6.07. The molecule has 7 nitrogen and oxygen atoms in total. The number of nitrogens with zero attached hydrogens (tertiary/aromatic N) is 2. The first-order chi connectivity index (χ1) is 12.7. The molecule has 1 saturated heterocycles. The monoisotopic (exact) mass is 351 g/mol. The van der Waals surface area contributed by atoms with Crippen LogP contribution in [0.2, 0.25) is 0 Å². The lowest BCUT2D eigenvalue weighted by Crippen LogP contribution is -2.16. The van der Waals surface area contributed by atoms with Crippen molar-refractivity contribution in [2.24, 2.45) is 5.73 Å². The molecule has 7 heteroatoms. The van der Waals surface area contributed by atoms with Gasteiger partial charge in [-0.3, -0.25) is 9.48 Å². The molecule has 0 spiro atoms. The Hall–Kier alpha value is -2.64. The maximum absolute atomic E-state index is 11.9. The predicted molar refractivity (Wildman–Crippen MR) is 97.9 cm³/mol. The number of primary amides is 1. The van der Waals surface area contributed by atoms with Crippen molar-refractivity contribution in [2.75, 3.05) is 19.7 Å². The number of carbonyl (C=O) groups excluding carboxylic acids is 1. The van der Waals surface area contributed by atoms with E-state index in [1.54, 1.807) is 0 Å². The predicted octanol–water partition coefficient (Wildman–Crippen LogP) is 1.74. The number of benzene rings is 1. The highest BCUT2D eigenvalue weighted by atomic mass is 16.5. The molecule has 3 aromatic rings. The van der Waals surface area contributed by atoms with E-state index in [9.17, 15) is 4.79 Å². The molecule has 2 aliphatic rings. The summed E-state index contributed by atoms with van der Waals surface area (Å²) in [6.45, 7) is 4.02. The molecule has 0 radical (unpaired) electrons. The van der Waals surface area contributed by atoms with Crippen LogP contribution in [0.4, 0.5) is 0 Å². The Morgan fingerprint density at radius 2 is 2.27 bits per heavy atom. The van der Waals surface area contributed by atoms with Crippen LogP contribution in [0.1, 0.15) is 34.0 Å². The summed E-state index contributed by atoms with van der Waals surface area (Å²) in [6, 6.07) is 8.03. The van der Waals surface area contributed by atoms with E-state index in [4.69, 9.17) is 15.6 Å². The molecular formula is C19H21N5O2. The Morgan fingerprint density at radius 3 is 3.04 bits per heavy atom. The number of carbonyl (C=O) groups is 1. The molecule has 0 saturated carbocycles. The number of rotatable bonds is 3. The van der Waals surface area contributed by atoms with Gasteiger partial charge in [0.15, 0.2) is 0 Å². The van der Waals surface area contributed by atoms with Crippen molar-refractivity contribution in [3.05, 3.63) is 41.1 Å². The second-order valence-corrected chi connectivity index (χ2v) is 7.02. The molecule has 2 aliphatic heterocycles. The third-order valence-corrected chi connectivity index (χ3v) is 5.43. The summed E-state index contributed by atoms with van der Waals surface area (Å²) in [5.74, 6) is 0.0312. The van der Waals surface area contributed by atoms with E-state index in [0.717, 1.165) is 54.0 Å². The third-order valence-electron chi connectivity index (χ3n) is 5.43. The molecule has 1 atom stereocenters. The van der Waals surface area contributed by atoms with Gasteiger partial charge in [-0.05, 0) is 42.6 Å². The summed E-state index contributed by atoms with van der Waals surface area (Å²) >= 11 is 0. The summed E-state index contributed by atoms with van der Waals surface area (Å²) in [5, 5.41) is 9.17. The smallest absolute Gasteiger partial charge is 0.250 e. The highest BCUT2D eigenvalue weighted by Crippen LogP contribution is 2.34. The molecule has 1 fully saturated rings. The Kier molecular flexibility index (Phi) is 3.58. The highest BCUT2D eigenvalue weighted by Gasteiger charge is 2.23. The van der Waals surface area contributed by atoms with Gasteiger partial charge in [0.25, 0.3) is 5.91 Å². The second kappa shape index (κ2) is 5.96. The van der Waals surface area contributed by atoms with Crippen LogP contribution in [0.15, 0.2) is 24.3 Å². The Balaban J connectivity index is 1.67. The van der Waals surface area contributed by atoms with Gasteiger partial charge in [0, 0.05) is 11.9 Å². The summed E-state index contributed by atoms with van der Waals surface area (Å²) < 4.78 is 7.49. The molecule has 4 heterocycles. The number of ether oxygens (including phenoxy) is 1. The van der Waals surface area contributed by atoms with Gasteiger partial charge in [-0.15, -0.1) is 0 Å². The van der Waals surface area contributed by atoms with Crippen molar-refractivity contribution in [1.82, 2.24) is 20.1 Å².